The van der Waals surface area contributed by atoms with Crippen LogP contribution < -0.4 is 11.3 Å². The molecule has 2 aromatic rings. The maximum absolute atomic E-state index is 12.6. The van der Waals surface area contributed by atoms with Crippen molar-refractivity contribution in [2.24, 2.45) is 5.84 Å². The number of halogens is 3. The molecule has 17 heavy (non-hydrogen) atoms. The van der Waals surface area contributed by atoms with E-state index in [2.05, 4.69) is 10.4 Å². The molecule has 0 aliphatic carbocycles. The van der Waals surface area contributed by atoms with Gasteiger partial charge < -0.3 is 5.43 Å². The summed E-state index contributed by atoms with van der Waals surface area (Å²) in [6.07, 6.45) is -4.48. The standard InChI is InChI=1S/C11H10F3N3/c1-6-2-3-8-7(4-6)9(17-15)5-10(16-8)11(12,13)14/h2-5H,15H2,1H3,(H,16,17). The van der Waals surface area contributed by atoms with E-state index in [-0.39, 0.29) is 11.2 Å². The molecule has 3 N–H and O–H groups in total. The Kier molecular flexibility index (Phi) is 2.66. The molecule has 90 valence electrons. The molecule has 3 nitrogen and oxygen atoms in total. The van der Waals surface area contributed by atoms with Gasteiger partial charge in [0.2, 0.25) is 0 Å². The summed E-state index contributed by atoms with van der Waals surface area (Å²) in [5.41, 5.74) is 2.72. The van der Waals surface area contributed by atoms with Gasteiger partial charge in [-0.05, 0) is 25.1 Å². The summed E-state index contributed by atoms with van der Waals surface area (Å²) in [5.74, 6) is 5.23. The van der Waals surface area contributed by atoms with Crippen LogP contribution in [0.3, 0.4) is 0 Å². The lowest BCUT2D eigenvalue weighted by Gasteiger charge is -2.11. The largest absolute Gasteiger partial charge is 0.433 e. The summed E-state index contributed by atoms with van der Waals surface area (Å²) in [7, 11) is 0. The van der Waals surface area contributed by atoms with Gasteiger partial charge in [-0.15, -0.1) is 0 Å². The number of nitrogens with one attached hydrogen (secondary N) is 1. The fourth-order valence-corrected chi connectivity index (χ4v) is 1.60. The first-order valence-electron chi connectivity index (χ1n) is 4.87. The predicted octanol–water partition coefficient (Wildman–Crippen LogP) is 2.85. The van der Waals surface area contributed by atoms with Gasteiger partial charge in [0.05, 0.1) is 11.2 Å². The van der Waals surface area contributed by atoms with Gasteiger partial charge in [-0.1, -0.05) is 11.6 Å². The van der Waals surface area contributed by atoms with Crippen LogP contribution in [0.25, 0.3) is 10.9 Å². The maximum atomic E-state index is 12.6. The lowest BCUT2D eigenvalue weighted by Crippen LogP contribution is -2.12. The molecule has 6 heteroatoms. The molecule has 0 saturated carbocycles. The average Bonchev–Trinajstić information content (AvgIpc) is 2.26. The highest BCUT2D eigenvalue weighted by Gasteiger charge is 2.33. The Hall–Kier alpha value is -1.82. The Morgan fingerprint density at radius 2 is 1.94 bits per heavy atom. The Morgan fingerprint density at radius 1 is 1.24 bits per heavy atom. The molecular formula is C11H10F3N3. The Labute approximate surface area is 95.4 Å². The fourth-order valence-electron chi connectivity index (χ4n) is 1.60. The van der Waals surface area contributed by atoms with E-state index in [1.807, 2.05) is 6.92 Å². The maximum Gasteiger partial charge on any atom is 0.433 e. The molecule has 1 aromatic carbocycles. The van der Waals surface area contributed by atoms with E-state index in [4.69, 9.17) is 5.84 Å². The second-order valence-electron chi connectivity index (χ2n) is 3.72. The number of hydrazine groups is 1. The molecular weight excluding hydrogens is 231 g/mol. The minimum atomic E-state index is -4.48. The van der Waals surface area contributed by atoms with E-state index < -0.39 is 11.9 Å². The van der Waals surface area contributed by atoms with Gasteiger partial charge in [-0.3, -0.25) is 5.84 Å². The highest BCUT2D eigenvalue weighted by atomic mass is 19.4. The molecule has 1 aromatic heterocycles. The van der Waals surface area contributed by atoms with Gasteiger partial charge in [0, 0.05) is 5.39 Å². The number of nitrogens with zero attached hydrogens (tertiary/aromatic N) is 1. The highest BCUT2D eigenvalue weighted by molar-refractivity contribution is 5.91. The second-order valence-corrected chi connectivity index (χ2v) is 3.72. The molecule has 0 amide bonds. The average molecular weight is 241 g/mol. The number of anilines is 1. The van der Waals surface area contributed by atoms with Gasteiger partial charge in [0.15, 0.2) is 0 Å². The van der Waals surface area contributed by atoms with Gasteiger partial charge >= 0.3 is 6.18 Å². The lowest BCUT2D eigenvalue weighted by molar-refractivity contribution is -0.140. The Bertz CT molecular complexity index is 564. The summed E-state index contributed by atoms with van der Waals surface area (Å²) < 4.78 is 37.7. The Morgan fingerprint density at radius 3 is 2.53 bits per heavy atom. The molecule has 0 spiro atoms. The first kappa shape index (κ1) is 11.7. The SMILES string of the molecule is Cc1ccc2nc(C(F)(F)F)cc(NN)c2c1. The van der Waals surface area contributed by atoms with Crippen molar-refractivity contribution < 1.29 is 13.2 Å². The monoisotopic (exact) mass is 241 g/mol. The van der Waals surface area contributed by atoms with Crippen molar-refractivity contribution in [1.29, 1.82) is 0 Å². The number of aryl methyl sites for hydroxylation is 1. The van der Waals surface area contributed by atoms with Crippen molar-refractivity contribution in [1.82, 2.24) is 4.98 Å². The minimum absolute atomic E-state index is 0.214. The van der Waals surface area contributed by atoms with Crippen LogP contribution in [0.4, 0.5) is 18.9 Å². The number of rotatable bonds is 1. The van der Waals surface area contributed by atoms with E-state index in [1.54, 1.807) is 18.2 Å². The van der Waals surface area contributed by atoms with E-state index in [0.29, 0.717) is 5.39 Å². The van der Waals surface area contributed by atoms with E-state index in [0.717, 1.165) is 11.6 Å². The van der Waals surface area contributed by atoms with Gasteiger partial charge in [0.25, 0.3) is 0 Å². The van der Waals surface area contributed by atoms with Gasteiger partial charge in [-0.25, -0.2) is 4.98 Å². The van der Waals surface area contributed by atoms with Crippen molar-refractivity contribution in [2.45, 2.75) is 13.1 Å². The number of nitrogen functional groups attached to an aromatic ring is 1. The van der Waals surface area contributed by atoms with Crippen molar-refractivity contribution >= 4 is 16.6 Å². The lowest BCUT2D eigenvalue weighted by atomic mass is 10.1. The van der Waals surface area contributed by atoms with Crippen LogP contribution >= 0.6 is 0 Å². The number of fused-ring (bicyclic) bond motifs is 1. The van der Waals surface area contributed by atoms with Crippen molar-refractivity contribution in [3.63, 3.8) is 0 Å². The Balaban J connectivity index is 2.75. The summed E-state index contributed by atoms with van der Waals surface area (Å²) in [6, 6.07) is 5.88. The van der Waals surface area contributed by atoms with E-state index >= 15 is 0 Å². The molecule has 0 atom stereocenters. The van der Waals surface area contributed by atoms with Crippen LogP contribution in [0.2, 0.25) is 0 Å². The molecule has 0 radical (unpaired) electrons. The summed E-state index contributed by atoms with van der Waals surface area (Å²) in [4.78, 5) is 3.58. The summed E-state index contributed by atoms with van der Waals surface area (Å²) in [5, 5.41) is 0.570. The normalized spacial score (nSPS) is 11.8. The van der Waals surface area contributed by atoms with Crippen LogP contribution in [-0.2, 0) is 6.18 Å². The highest BCUT2D eigenvalue weighted by Crippen LogP contribution is 2.32. The van der Waals surface area contributed by atoms with Crippen LogP contribution in [0, 0.1) is 6.92 Å². The number of pyridine rings is 1. The van der Waals surface area contributed by atoms with Crippen molar-refractivity contribution in [3.8, 4) is 0 Å². The molecule has 0 unspecified atom stereocenters. The van der Waals surface area contributed by atoms with Crippen LogP contribution in [0.5, 0.6) is 0 Å². The first-order chi connectivity index (χ1) is 7.91. The number of hydrogen-bond donors (Lipinski definition) is 2. The zero-order valence-electron chi connectivity index (χ0n) is 8.97. The van der Waals surface area contributed by atoms with Gasteiger partial charge in [-0.2, -0.15) is 13.2 Å². The molecule has 0 saturated heterocycles. The number of nitrogens with two attached hydrogens (primary N) is 1. The van der Waals surface area contributed by atoms with Gasteiger partial charge in [0.1, 0.15) is 5.69 Å². The third-order valence-corrected chi connectivity index (χ3v) is 2.41. The molecule has 0 aliphatic heterocycles. The van der Waals surface area contributed by atoms with E-state index in [9.17, 15) is 13.2 Å². The number of aromatic nitrogens is 1. The smallest absolute Gasteiger partial charge is 0.323 e. The first-order valence-corrected chi connectivity index (χ1v) is 4.87. The predicted molar refractivity (Wildman–Crippen MR) is 59.3 cm³/mol. The number of hydrogen-bond acceptors (Lipinski definition) is 3. The molecule has 2 rings (SSSR count). The fraction of sp³-hybridized carbons (Fsp3) is 0.182. The van der Waals surface area contributed by atoms with Crippen molar-refractivity contribution in [3.05, 3.63) is 35.5 Å². The molecule has 1 heterocycles. The topological polar surface area (TPSA) is 50.9 Å². The third kappa shape index (κ3) is 2.16. The second kappa shape index (κ2) is 3.89. The molecule has 0 bridgehead atoms. The van der Waals surface area contributed by atoms with Crippen LogP contribution in [0.15, 0.2) is 24.3 Å². The molecule has 0 aliphatic rings. The van der Waals surface area contributed by atoms with Crippen LogP contribution in [0.1, 0.15) is 11.3 Å². The number of alkyl halides is 3. The van der Waals surface area contributed by atoms with Crippen molar-refractivity contribution in [2.75, 3.05) is 5.43 Å². The van der Waals surface area contributed by atoms with Crippen LogP contribution in [-0.4, -0.2) is 4.98 Å². The zero-order valence-corrected chi connectivity index (χ0v) is 8.97. The third-order valence-electron chi connectivity index (χ3n) is 2.41. The summed E-state index contributed by atoms with van der Waals surface area (Å²) in [6.45, 7) is 1.84. The number of benzene rings is 1. The molecule has 0 fully saturated rings. The summed E-state index contributed by atoms with van der Waals surface area (Å²) >= 11 is 0. The quantitative estimate of drug-likeness (QED) is 0.596. The van der Waals surface area contributed by atoms with E-state index in [1.165, 1.54) is 0 Å². The zero-order chi connectivity index (χ0) is 12.6. The minimum Gasteiger partial charge on any atom is -0.323 e.